The van der Waals surface area contributed by atoms with E-state index in [0.29, 0.717) is 5.41 Å². The summed E-state index contributed by atoms with van der Waals surface area (Å²) in [5, 5.41) is 0. The zero-order valence-corrected chi connectivity index (χ0v) is 12.3. The highest BCUT2D eigenvalue weighted by Crippen LogP contribution is 2.42. The Morgan fingerprint density at radius 2 is 1.94 bits per heavy atom. The van der Waals surface area contributed by atoms with Gasteiger partial charge in [0, 0.05) is 37.3 Å². The molecular weight excluding hydrogens is 222 g/mol. The molecule has 1 saturated carbocycles. The lowest BCUT2D eigenvalue weighted by Gasteiger charge is -2.39. The maximum absolute atomic E-state index is 6.21. The Hall–Kier alpha value is -0.120. The van der Waals surface area contributed by atoms with Gasteiger partial charge < -0.3 is 5.73 Å². The van der Waals surface area contributed by atoms with Crippen LogP contribution in [-0.4, -0.2) is 53.6 Å². The Labute approximate surface area is 112 Å². The number of nitrogens with zero attached hydrogens (tertiary/aromatic N) is 2. The van der Waals surface area contributed by atoms with E-state index in [4.69, 9.17) is 5.73 Å². The maximum Gasteiger partial charge on any atom is 0.0473 e. The van der Waals surface area contributed by atoms with Crippen molar-refractivity contribution < 1.29 is 0 Å². The molecule has 0 bridgehead atoms. The first-order valence-electron chi connectivity index (χ1n) is 7.67. The molecular formula is C15H29N3. The van der Waals surface area contributed by atoms with Crippen LogP contribution in [0.1, 0.15) is 46.5 Å². The summed E-state index contributed by atoms with van der Waals surface area (Å²) in [6.45, 7) is 11.7. The molecule has 2 saturated heterocycles. The van der Waals surface area contributed by atoms with Gasteiger partial charge in [0.25, 0.3) is 0 Å². The number of rotatable bonds is 3. The molecule has 0 aromatic heterocycles. The van der Waals surface area contributed by atoms with Gasteiger partial charge in [-0.2, -0.15) is 0 Å². The van der Waals surface area contributed by atoms with Gasteiger partial charge in [0.15, 0.2) is 0 Å². The van der Waals surface area contributed by atoms with Crippen LogP contribution in [0.25, 0.3) is 0 Å². The summed E-state index contributed by atoms with van der Waals surface area (Å²) in [6, 6.07) is 1.61. The number of hydrogen-bond acceptors (Lipinski definition) is 3. The molecule has 2 heterocycles. The molecule has 2 N–H and O–H groups in total. The molecule has 2 unspecified atom stereocenters. The van der Waals surface area contributed by atoms with Gasteiger partial charge in [-0.05, 0) is 44.6 Å². The largest absolute Gasteiger partial charge is 0.329 e. The van der Waals surface area contributed by atoms with E-state index in [2.05, 4.69) is 30.6 Å². The minimum atomic E-state index is 0.274. The van der Waals surface area contributed by atoms with Crippen LogP contribution in [-0.2, 0) is 0 Å². The molecule has 18 heavy (non-hydrogen) atoms. The van der Waals surface area contributed by atoms with Crippen LogP contribution in [0.4, 0.5) is 0 Å². The third kappa shape index (κ3) is 2.10. The van der Waals surface area contributed by atoms with Gasteiger partial charge in [0.2, 0.25) is 0 Å². The van der Waals surface area contributed by atoms with E-state index < -0.39 is 0 Å². The Kier molecular flexibility index (Phi) is 3.00. The molecule has 3 fully saturated rings. The highest BCUT2D eigenvalue weighted by atomic mass is 15.3. The molecule has 0 radical (unpaired) electrons. The van der Waals surface area contributed by atoms with E-state index in [-0.39, 0.29) is 5.54 Å². The molecule has 0 amide bonds. The summed E-state index contributed by atoms with van der Waals surface area (Å²) in [5.74, 6) is 0. The van der Waals surface area contributed by atoms with Crippen LogP contribution in [0.2, 0.25) is 0 Å². The van der Waals surface area contributed by atoms with Crippen molar-refractivity contribution >= 4 is 0 Å². The number of hydrogen-bond donors (Lipinski definition) is 1. The Bertz CT molecular complexity index is 324. The molecule has 2 atom stereocenters. The first-order chi connectivity index (χ1) is 8.46. The molecule has 0 aromatic rings. The zero-order valence-electron chi connectivity index (χ0n) is 12.3. The van der Waals surface area contributed by atoms with Gasteiger partial charge in [0.05, 0.1) is 0 Å². The van der Waals surface area contributed by atoms with Crippen LogP contribution in [0.5, 0.6) is 0 Å². The van der Waals surface area contributed by atoms with Crippen LogP contribution >= 0.6 is 0 Å². The van der Waals surface area contributed by atoms with Gasteiger partial charge in [0.1, 0.15) is 0 Å². The van der Waals surface area contributed by atoms with Gasteiger partial charge >= 0.3 is 0 Å². The first kappa shape index (κ1) is 12.9. The molecule has 2 aliphatic heterocycles. The number of likely N-dealkylation sites (tertiary alicyclic amines) is 2. The van der Waals surface area contributed by atoms with E-state index >= 15 is 0 Å². The predicted octanol–water partition coefficient (Wildman–Crippen LogP) is 1.67. The van der Waals surface area contributed by atoms with Crippen molar-refractivity contribution in [3.05, 3.63) is 0 Å². The van der Waals surface area contributed by atoms with E-state index in [0.717, 1.165) is 18.6 Å². The lowest BCUT2D eigenvalue weighted by atomic mass is 9.91. The second kappa shape index (κ2) is 4.19. The number of nitrogens with two attached hydrogens (primary N) is 1. The standard InChI is InChI=1S/C15H29N3/c1-12-8-15(9-16,11-18(12)13-4-5-13)17-7-6-14(2,3)10-17/h12-13H,4-11,16H2,1-3H3. The molecule has 0 aromatic carbocycles. The van der Waals surface area contributed by atoms with E-state index in [1.54, 1.807) is 0 Å². The maximum atomic E-state index is 6.21. The lowest BCUT2D eigenvalue weighted by Crippen LogP contribution is -2.55. The fourth-order valence-corrected chi connectivity index (χ4v) is 4.15. The molecule has 1 aliphatic carbocycles. The monoisotopic (exact) mass is 251 g/mol. The fourth-order valence-electron chi connectivity index (χ4n) is 4.15. The molecule has 104 valence electrons. The van der Waals surface area contributed by atoms with Gasteiger partial charge in [-0.3, -0.25) is 9.80 Å². The van der Waals surface area contributed by atoms with Crippen molar-refractivity contribution in [1.29, 1.82) is 0 Å². The quantitative estimate of drug-likeness (QED) is 0.828. The fraction of sp³-hybridized carbons (Fsp3) is 1.00. The second-order valence-corrected chi connectivity index (χ2v) is 7.72. The smallest absolute Gasteiger partial charge is 0.0473 e. The Morgan fingerprint density at radius 3 is 2.44 bits per heavy atom. The third-order valence-electron chi connectivity index (χ3n) is 5.46. The van der Waals surface area contributed by atoms with Crippen molar-refractivity contribution in [3.63, 3.8) is 0 Å². The molecule has 3 aliphatic rings. The van der Waals surface area contributed by atoms with Crippen molar-refractivity contribution in [2.24, 2.45) is 11.1 Å². The lowest BCUT2D eigenvalue weighted by molar-refractivity contribution is 0.114. The molecule has 0 spiro atoms. The van der Waals surface area contributed by atoms with E-state index in [1.807, 2.05) is 0 Å². The van der Waals surface area contributed by atoms with Crippen LogP contribution in [0.3, 0.4) is 0 Å². The van der Waals surface area contributed by atoms with Gasteiger partial charge in [-0.15, -0.1) is 0 Å². The van der Waals surface area contributed by atoms with Gasteiger partial charge in [-0.1, -0.05) is 13.8 Å². The Balaban J connectivity index is 1.75. The molecule has 3 rings (SSSR count). The minimum Gasteiger partial charge on any atom is -0.329 e. The third-order valence-corrected chi connectivity index (χ3v) is 5.46. The van der Waals surface area contributed by atoms with Crippen molar-refractivity contribution in [2.75, 3.05) is 26.2 Å². The summed E-state index contributed by atoms with van der Waals surface area (Å²) in [5.41, 5.74) is 6.97. The summed E-state index contributed by atoms with van der Waals surface area (Å²) in [6.07, 6.45) is 5.43. The second-order valence-electron chi connectivity index (χ2n) is 7.72. The summed E-state index contributed by atoms with van der Waals surface area (Å²) < 4.78 is 0. The van der Waals surface area contributed by atoms with Crippen LogP contribution in [0, 0.1) is 5.41 Å². The van der Waals surface area contributed by atoms with Gasteiger partial charge in [-0.25, -0.2) is 0 Å². The van der Waals surface area contributed by atoms with Crippen molar-refractivity contribution in [1.82, 2.24) is 9.80 Å². The Morgan fingerprint density at radius 1 is 1.22 bits per heavy atom. The zero-order chi connectivity index (χ0) is 13.0. The summed E-state index contributed by atoms with van der Waals surface area (Å²) in [7, 11) is 0. The predicted molar refractivity (Wildman–Crippen MR) is 75.6 cm³/mol. The topological polar surface area (TPSA) is 32.5 Å². The van der Waals surface area contributed by atoms with Crippen molar-refractivity contribution in [2.45, 2.75) is 64.1 Å². The normalized spacial score (nSPS) is 41.7. The van der Waals surface area contributed by atoms with Crippen LogP contribution in [0.15, 0.2) is 0 Å². The van der Waals surface area contributed by atoms with Crippen LogP contribution < -0.4 is 5.73 Å². The molecule has 3 nitrogen and oxygen atoms in total. The average molecular weight is 251 g/mol. The van der Waals surface area contributed by atoms with E-state index in [9.17, 15) is 0 Å². The summed E-state index contributed by atoms with van der Waals surface area (Å²) >= 11 is 0. The van der Waals surface area contributed by atoms with Crippen molar-refractivity contribution in [3.8, 4) is 0 Å². The first-order valence-corrected chi connectivity index (χ1v) is 7.67. The highest BCUT2D eigenvalue weighted by Gasteiger charge is 2.51. The highest BCUT2D eigenvalue weighted by molar-refractivity contribution is 5.08. The SMILES string of the molecule is CC1CC(CN)(N2CCC(C)(C)C2)CN1C1CC1. The minimum absolute atomic E-state index is 0.274. The average Bonchev–Trinajstić information content (AvgIpc) is 3.00. The summed E-state index contributed by atoms with van der Waals surface area (Å²) in [4.78, 5) is 5.45. The molecule has 3 heteroatoms. The van der Waals surface area contributed by atoms with E-state index in [1.165, 1.54) is 45.3 Å².